The van der Waals surface area contributed by atoms with Crippen LogP contribution < -0.4 is 17.0 Å². The first-order chi connectivity index (χ1) is 8.47. The zero-order valence-corrected chi connectivity index (χ0v) is 11.5. The molecule has 94 valence electrons. The summed E-state index contributed by atoms with van der Waals surface area (Å²) >= 11 is 8.96. The highest BCUT2D eigenvalue weighted by Crippen LogP contribution is 2.20. The lowest BCUT2D eigenvalue weighted by atomic mass is 10.2. The molecular formula is C11H9BrClN3O2. The fraction of sp³-hybridized carbons (Fsp3) is 0.0909. The molecule has 0 amide bonds. The first kappa shape index (κ1) is 12.9. The predicted octanol–water partition coefficient (Wildman–Crippen LogP) is 1.58. The Labute approximate surface area is 115 Å². The Morgan fingerprint density at radius 2 is 2.11 bits per heavy atom. The van der Waals surface area contributed by atoms with Crippen molar-refractivity contribution in [1.29, 1.82) is 0 Å². The number of nitrogens with zero attached hydrogens (tertiary/aromatic N) is 1. The fourth-order valence-corrected chi connectivity index (χ4v) is 1.90. The summed E-state index contributed by atoms with van der Waals surface area (Å²) in [5, 5.41) is -0.0281. The number of benzene rings is 1. The van der Waals surface area contributed by atoms with Crippen LogP contribution in [0.25, 0.3) is 0 Å². The Kier molecular flexibility index (Phi) is 3.58. The second-order valence-corrected chi connectivity index (χ2v) is 4.98. The molecule has 0 fully saturated rings. The van der Waals surface area contributed by atoms with E-state index in [1.165, 1.54) is 10.8 Å². The summed E-state index contributed by atoms with van der Waals surface area (Å²) in [4.78, 5) is 24.8. The zero-order valence-electron chi connectivity index (χ0n) is 9.11. The Morgan fingerprint density at radius 3 is 2.78 bits per heavy atom. The number of aromatic amines is 1. The smallest absolute Gasteiger partial charge is 0.328 e. The molecule has 0 aliphatic heterocycles. The first-order valence-corrected chi connectivity index (χ1v) is 6.17. The molecule has 0 saturated heterocycles. The van der Waals surface area contributed by atoms with E-state index in [1.54, 1.807) is 12.1 Å². The van der Waals surface area contributed by atoms with Crippen molar-refractivity contribution in [2.24, 2.45) is 0 Å². The summed E-state index contributed by atoms with van der Waals surface area (Å²) in [6, 6.07) is 5.37. The minimum Gasteiger partial charge on any atom is -0.398 e. The second kappa shape index (κ2) is 4.99. The normalized spacial score (nSPS) is 10.6. The van der Waals surface area contributed by atoms with E-state index in [0.29, 0.717) is 5.69 Å². The SMILES string of the molecule is Nc1cc(Cn2cc(Cl)c(=O)[nH]c2=O)ccc1Br. The van der Waals surface area contributed by atoms with Crippen LogP contribution in [0.2, 0.25) is 5.02 Å². The Morgan fingerprint density at radius 1 is 1.39 bits per heavy atom. The molecule has 1 heterocycles. The molecule has 2 aromatic rings. The maximum atomic E-state index is 11.6. The summed E-state index contributed by atoms with van der Waals surface area (Å²) < 4.78 is 2.10. The molecule has 7 heteroatoms. The summed E-state index contributed by atoms with van der Waals surface area (Å²) in [6.45, 7) is 0.285. The van der Waals surface area contributed by atoms with Crippen molar-refractivity contribution in [1.82, 2.24) is 9.55 Å². The lowest BCUT2D eigenvalue weighted by Crippen LogP contribution is -2.29. The van der Waals surface area contributed by atoms with E-state index in [1.807, 2.05) is 6.07 Å². The molecule has 0 aliphatic rings. The maximum absolute atomic E-state index is 11.6. The van der Waals surface area contributed by atoms with Gasteiger partial charge in [0, 0.05) is 16.4 Å². The van der Waals surface area contributed by atoms with Gasteiger partial charge in [-0.15, -0.1) is 0 Å². The molecule has 5 nitrogen and oxygen atoms in total. The van der Waals surface area contributed by atoms with Gasteiger partial charge in [0.15, 0.2) is 0 Å². The van der Waals surface area contributed by atoms with E-state index in [-0.39, 0.29) is 11.6 Å². The van der Waals surface area contributed by atoms with Crippen molar-refractivity contribution >= 4 is 33.2 Å². The Bertz CT molecular complexity index is 708. The van der Waals surface area contributed by atoms with Crippen molar-refractivity contribution in [3.8, 4) is 0 Å². The van der Waals surface area contributed by atoms with E-state index >= 15 is 0 Å². The fourth-order valence-electron chi connectivity index (χ4n) is 1.49. The van der Waals surface area contributed by atoms with Gasteiger partial charge in [0.05, 0.1) is 6.54 Å². The van der Waals surface area contributed by atoms with Crippen LogP contribution in [0.15, 0.2) is 38.5 Å². The highest BCUT2D eigenvalue weighted by molar-refractivity contribution is 9.10. The standard InChI is InChI=1S/C11H9BrClN3O2/c12-7-2-1-6(3-9(7)14)4-16-5-8(13)10(17)15-11(16)18/h1-3,5H,4,14H2,(H,15,17,18). The number of H-pyrrole nitrogens is 1. The quantitative estimate of drug-likeness (QED) is 0.820. The summed E-state index contributed by atoms with van der Waals surface area (Å²) in [7, 11) is 0. The monoisotopic (exact) mass is 329 g/mol. The van der Waals surface area contributed by atoms with Crippen LogP contribution in [0.3, 0.4) is 0 Å². The number of aromatic nitrogens is 2. The van der Waals surface area contributed by atoms with Crippen LogP contribution >= 0.6 is 27.5 Å². The molecule has 1 aromatic carbocycles. The minimum atomic E-state index is -0.590. The van der Waals surface area contributed by atoms with Gasteiger partial charge in [-0.1, -0.05) is 17.7 Å². The molecule has 3 N–H and O–H groups in total. The van der Waals surface area contributed by atoms with Crippen LogP contribution in [0.5, 0.6) is 0 Å². The average molecular weight is 331 g/mol. The number of anilines is 1. The molecule has 2 rings (SSSR count). The topological polar surface area (TPSA) is 80.9 Å². The third-order valence-electron chi connectivity index (χ3n) is 2.38. The van der Waals surface area contributed by atoms with E-state index < -0.39 is 11.2 Å². The van der Waals surface area contributed by atoms with Gasteiger partial charge >= 0.3 is 5.69 Å². The van der Waals surface area contributed by atoms with Crippen molar-refractivity contribution in [3.05, 3.63) is 60.3 Å². The van der Waals surface area contributed by atoms with E-state index in [9.17, 15) is 9.59 Å². The van der Waals surface area contributed by atoms with Crippen LogP contribution in [-0.4, -0.2) is 9.55 Å². The number of hydrogen-bond donors (Lipinski definition) is 2. The van der Waals surface area contributed by atoms with Gasteiger partial charge in [0.2, 0.25) is 0 Å². The van der Waals surface area contributed by atoms with Crippen molar-refractivity contribution in [2.75, 3.05) is 5.73 Å². The number of halogens is 2. The van der Waals surface area contributed by atoms with Gasteiger partial charge in [0.25, 0.3) is 5.56 Å². The molecule has 0 spiro atoms. The third kappa shape index (κ3) is 2.65. The molecule has 0 bridgehead atoms. The summed E-state index contributed by atoms with van der Waals surface area (Å²) in [5.41, 5.74) is 6.06. The van der Waals surface area contributed by atoms with Gasteiger partial charge in [0.1, 0.15) is 5.02 Å². The van der Waals surface area contributed by atoms with Gasteiger partial charge in [-0.2, -0.15) is 0 Å². The number of nitrogens with one attached hydrogen (secondary N) is 1. The van der Waals surface area contributed by atoms with Crippen molar-refractivity contribution in [2.45, 2.75) is 6.54 Å². The van der Waals surface area contributed by atoms with Crippen LogP contribution in [-0.2, 0) is 6.54 Å². The number of nitrogen functional groups attached to an aromatic ring is 1. The second-order valence-electron chi connectivity index (χ2n) is 3.72. The largest absolute Gasteiger partial charge is 0.398 e. The maximum Gasteiger partial charge on any atom is 0.328 e. The average Bonchev–Trinajstić information content (AvgIpc) is 2.31. The van der Waals surface area contributed by atoms with Crippen LogP contribution in [0.1, 0.15) is 5.56 Å². The lowest BCUT2D eigenvalue weighted by molar-refractivity contribution is 0.721. The summed E-state index contributed by atoms with van der Waals surface area (Å²) in [6.07, 6.45) is 1.31. The Balaban J connectivity index is 2.40. The van der Waals surface area contributed by atoms with Gasteiger partial charge in [-0.25, -0.2) is 4.79 Å². The van der Waals surface area contributed by atoms with Crippen LogP contribution in [0.4, 0.5) is 5.69 Å². The minimum absolute atomic E-state index is 0.0281. The molecule has 0 atom stereocenters. The molecular weight excluding hydrogens is 321 g/mol. The highest BCUT2D eigenvalue weighted by Gasteiger charge is 2.04. The van der Waals surface area contributed by atoms with Crippen LogP contribution in [0, 0.1) is 0 Å². The van der Waals surface area contributed by atoms with E-state index in [0.717, 1.165) is 10.0 Å². The molecule has 1 aromatic heterocycles. The number of nitrogens with two attached hydrogens (primary N) is 1. The number of rotatable bonds is 2. The molecule has 0 radical (unpaired) electrons. The molecule has 18 heavy (non-hydrogen) atoms. The van der Waals surface area contributed by atoms with Crippen molar-refractivity contribution < 1.29 is 0 Å². The third-order valence-corrected chi connectivity index (χ3v) is 3.37. The predicted molar refractivity (Wildman–Crippen MR) is 74.0 cm³/mol. The number of hydrogen-bond acceptors (Lipinski definition) is 3. The molecule has 0 unspecified atom stereocenters. The molecule has 0 aliphatic carbocycles. The summed E-state index contributed by atoms with van der Waals surface area (Å²) in [5.74, 6) is 0. The van der Waals surface area contributed by atoms with E-state index in [4.69, 9.17) is 17.3 Å². The van der Waals surface area contributed by atoms with Gasteiger partial charge in [-0.3, -0.25) is 14.3 Å². The van der Waals surface area contributed by atoms with Gasteiger partial charge in [-0.05, 0) is 33.6 Å². The Hall–Kier alpha value is -1.53. The highest BCUT2D eigenvalue weighted by atomic mass is 79.9. The van der Waals surface area contributed by atoms with E-state index in [2.05, 4.69) is 20.9 Å². The lowest BCUT2D eigenvalue weighted by Gasteiger charge is -2.07. The van der Waals surface area contributed by atoms with Crippen molar-refractivity contribution in [3.63, 3.8) is 0 Å². The zero-order chi connectivity index (χ0) is 13.3. The molecule has 0 saturated carbocycles. The first-order valence-electron chi connectivity index (χ1n) is 5.00. The van der Waals surface area contributed by atoms with Gasteiger partial charge < -0.3 is 5.73 Å².